The molecule has 0 saturated heterocycles. The summed E-state index contributed by atoms with van der Waals surface area (Å²) in [5, 5.41) is 7.79. The molecule has 0 aliphatic heterocycles. The van der Waals surface area contributed by atoms with Crippen LogP contribution >= 0.6 is 15.9 Å². The molecule has 1 aromatic carbocycles. The van der Waals surface area contributed by atoms with Crippen LogP contribution in [0, 0.1) is 6.92 Å². The van der Waals surface area contributed by atoms with Crippen LogP contribution < -0.4 is 11.1 Å². The Morgan fingerprint density at radius 3 is 2.90 bits per heavy atom. The first-order chi connectivity index (χ1) is 9.65. The van der Waals surface area contributed by atoms with Gasteiger partial charge in [-0.05, 0) is 42.8 Å². The van der Waals surface area contributed by atoms with Gasteiger partial charge in [0, 0.05) is 16.7 Å². The average molecular weight is 332 g/mol. The van der Waals surface area contributed by atoms with Gasteiger partial charge in [0.2, 0.25) is 0 Å². The summed E-state index contributed by atoms with van der Waals surface area (Å²) in [6.45, 7) is 2.47. The molecule has 102 valence electrons. The molecule has 3 N–H and O–H groups in total. The zero-order chi connectivity index (χ0) is 14.1. The van der Waals surface area contributed by atoms with Crippen molar-refractivity contribution < 1.29 is 0 Å². The van der Waals surface area contributed by atoms with Crippen LogP contribution in [0.5, 0.6) is 0 Å². The topological polar surface area (TPSA) is 68.2 Å². The number of anilines is 2. The molecule has 0 radical (unpaired) electrons. The minimum Gasteiger partial charge on any atom is -0.339 e. The van der Waals surface area contributed by atoms with E-state index in [1.54, 1.807) is 4.52 Å². The number of nitrogens with zero attached hydrogens (tertiary/aromatic N) is 3. The number of aryl methyl sites for hydroxylation is 1. The van der Waals surface area contributed by atoms with Gasteiger partial charge in [0.1, 0.15) is 0 Å². The van der Waals surface area contributed by atoms with E-state index in [9.17, 15) is 0 Å². The van der Waals surface area contributed by atoms with Crippen LogP contribution in [0.2, 0.25) is 0 Å². The van der Waals surface area contributed by atoms with Gasteiger partial charge >= 0.3 is 0 Å². The highest BCUT2D eigenvalue weighted by atomic mass is 79.9. The number of rotatable bonds is 3. The summed E-state index contributed by atoms with van der Waals surface area (Å²) in [5.41, 5.74) is 9.38. The summed E-state index contributed by atoms with van der Waals surface area (Å²) < 4.78 is 2.80. The minimum atomic E-state index is 0.415. The zero-order valence-corrected chi connectivity index (χ0v) is 12.6. The van der Waals surface area contributed by atoms with E-state index in [2.05, 4.69) is 44.3 Å². The van der Waals surface area contributed by atoms with E-state index in [0.717, 1.165) is 32.9 Å². The predicted molar refractivity (Wildman–Crippen MR) is 83.0 cm³/mol. The van der Waals surface area contributed by atoms with E-state index >= 15 is 0 Å². The highest BCUT2D eigenvalue weighted by Crippen LogP contribution is 2.23. The van der Waals surface area contributed by atoms with E-state index in [1.165, 1.54) is 0 Å². The molecule has 0 spiro atoms. The number of nitrogens with one attached hydrogen (secondary N) is 1. The molecule has 2 aromatic heterocycles. The Bertz CT molecular complexity index is 765. The summed E-state index contributed by atoms with van der Waals surface area (Å²) in [5.74, 6) is 0.767. The highest BCUT2D eigenvalue weighted by Gasteiger charge is 2.04. The van der Waals surface area contributed by atoms with Crippen molar-refractivity contribution in [2.75, 3.05) is 5.32 Å². The minimum absolute atomic E-state index is 0.415. The van der Waals surface area contributed by atoms with Crippen molar-refractivity contribution in [3.05, 3.63) is 52.3 Å². The van der Waals surface area contributed by atoms with E-state index in [4.69, 9.17) is 5.73 Å². The number of imidazole rings is 1. The Kier molecular flexibility index (Phi) is 3.42. The molecule has 0 atom stereocenters. The smallest absolute Gasteiger partial charge is 0.153 e. The molecule has 3 aromatic rings. The zero-order valence-electron chi connectivity index (χ0n) is 11.0. The molecule has 20 heavy (non-hydrogen) atoms. The number of fused-ring (bicyclic) bond motifs is 1. The van der Waals surface area contributed by atoms with Gasteiger partial charge in [0.05, 0.1) is 11.9 Å². The van der Waals surface area contributed by atoms with Crippen LogP contribution in [-0.4, -0.2) is 14.6 Å². The first-order valence-electron chi connectivity index (χ1n) is 6.24. The Morgan fingerprint density at radius 1 is 1.30 bits per heavy atom. The van der Waals surface area contributed by atoms with Crippen LogP contribution in [0.25, 0.3) is 5.65 Å². The van der Waals surface area contributed by atoms with Gasteiger partial charge in [-0.25, -0.2) is 9.50 Å². The first kappa shape index (κ1) is 13.1. The summed E-state index contributed by atoms with van der Waals surface area (Å²) in [6, 6.07) is 9.90. The molecule has 2 heterocycles. The van der Waals surface area contributed by atoms with Gasteiger partial charge in [-0.15, -0.1) is 5.10 Å². The fraction of sp³-hybridized carbons (Fsp3) is 0.143. The highest BCUT2D eigenvalue weighted by molar-refractivity contribution is 9.10. The van der Waals surface area contributed by atoms with E-state index in [0.29, 0.717) is 6.54 Å². The van der Waals surface area contributed by atoms with Crippen molar-refractivity contribution in [2.45, 2.75) is 13.5 Å². The second-order valence-corrected chi connectivity index (χ2v) is 5.46. The summed E-state index contributed by atoms with van der Waals surface area (Å²) >= 11 is 3.46. The molecule has 6 heteroatoms. The Hall–Kier alpha value is -1.92. The maximum Gasteiger partial charge on any atom is 0.153 e. The Balaban J connectivity index is 1.93. The first-order valence-corrected chi connectivity index (χ1v) is 7.03. The Labute approximate surface area is 125 Å². The molecule has 3 rings (SSSR count). The monoisotopic (exact) mass is 331 g/mol. The van der Waals surface area contributed by atoms with Crippen molar-refractivity contribution in [2.24, 2.45) is 5.73 Å². The lowest BCUT2D eigenvalue weighted by Gasteiger charge is -2.09. The third-order valence-corrected chi connectivity index (χ3v) is 3.52. The van der Waals surface area contributed by atoms with Gasteiger partial charge in [-0.3, -0.25) is 0 Å². The molecule has 0 aliphatic carbocycles. The maximum atomic E-state index is 5.59. The molecule has 0 unspecified atom stereocenters. The molecule has 0 saturated carbocycles. The van der Waals surface area contributed by atoms with Gasteiger partial charge in [-0.1, -0.05) is 15.9 Å². The largest absolute Gasteiger partial charge is 0.339 e. The quantitative estimate of drug-likeness (QED) is 0.774. The van der Waals surface area contributed by atoms with E-state index in [-0.39, 0.29) is 0 Å². The van der Waals surface area contributed by atoms with Crippen LogP contribution in [0.3, 0.4) is 0 Å². The van der Waals surface area contributed by atoms with Crippen LogP contribution in [0.4, 0.5) is 11.5 Å². The lowest BCUT2D eigenvalue weighted by molar-refractivity contribution is 0.934. The number of benzene rings is 1. The molecular weight excluding hydrogens is 318 g/mol. The van der Waals surface area contributed by atoms with Crippen molar-refractivity contribution in [1.29, 1.82) is 0 Å². The fourth-order valence-electron chi connectivity index (χ4n) is 2.00. The third-order valence-electron chi connectivity index (χ3n) is 3.03. The van der Waals surface area contributed by atoms with E-state index in [1.807, 2.05) is 30.5 Å². The summed E-state index contributed by atoms with van der Waals surface area (Å²) in [6.07, 6.45) is 1.84. The number of halogens is 1. The van der Waals surface area contributed by atoms with Crippen molar-refractivity contribution in [1.82, 2.24) is 14.6 Å². The molecular formula is C14H14BrN5. The van der Waals surface area contributed by atoms with Gasteiger partial charge in [-0.2, -0.15) is 0 Å². The average Bonchev–Trinajstić information content (AvgIpc) is 2.84. The molecule has 5 nitrogen and oxygen atoms in total. The predicted octanol–water partition coefficient (Wildman–Crippen LogP) is 3.00. The summed E-state index contributed by atoms with van der Waals surface area (Å²) in [4.78, 5) is 4.35. The van der Waals surface area contributed by atoms with Crippen LogP contribution in [0.15, 0.2) is 41.0 Å². The standard InChI is InChI=1S/C14H14BrN5/c1-9-6-10(15)2-3-12(9)18-13-4-5-14-17-11(7-16)8-20(14)19-13/h2-6,8H,7,16H2,1H3,(H,18,19). The third kappa shape index (κ3) is 2.52. The second kappa shape index (κ2) is 5.22. The summed E-state index contributed by atoms with van der Waals surface area (Å²) in [7, 11) is 0. The number of hydrogen-bond acceptors (Lipinski definition) is 4. The molecule has 0 bridgehead atoms. The lowest BCUT2D eigenvalue weighted by Crippen LogP contribution is -1.99. The molecule has 0 amide bonds. The number of hydrogen-bond donors (Lipinski definition) is 2. The van der Waals surface area contributed by atoms with Crippen molar-refractivity contribution >= 4 is 33.1 Å². The SMILES string of the molecule is Cc1cc(Br)ccc1Nc1ccc2nc(CN)cn2n1. The van der Waals surface area contributed by atoms with Crippen LogP contribution in [-0.2, 0) is 6.54 Å². The fourth-order valence-corrected chi connectivity index (χ4v) is 2.48. The van der Waals surface area contributed by atoms with Gasteiger partial charge in [0.15, 0.2) is 11.5 Å². The maximum absolute atomic E-state index is 5.59. The van der Waals surface area contributed by atoms with Crippen LogP contribution in [0.1, 0.15) is 11.3 Å². The lowest BCUT2D eigenvalue weighted by atomic mass is 10.2. The molecule has 0 aliphatic rings. The number of aromatic nitrogens is 3. The van der Waals surface area contributed by atoms with Crippen molar-refractivity contribution in [3.8, 4) is 0 Å². The van der Waals surface area contributed by atoms with Gasteiger partial charge in [0.25, 0.3) is 0 Å². The van der Waals surface area contributed by atoms with Crippen molar-refractivity contribution in [3.63, 3.8) is 0 Å². The molecule has 0 fully saturated rings. The Morgan fingerprint density at radius 2 is 2.15 bits per heavy atom. The normalized spacial score (nSPS) is 10.9. The van der Waals surface area contributed by atoms with Gasteiger partial charge < -0.3 is 11.1 Å². The van der Waals surface area contributed by atoms with E-state index < -0.39 is 0 Å². The number of nitrogens with two attached hydrogens (primary N) is 1. The second-order valence-electron chi connectivity index (χ2n) is 4.54.